The third kappa shape index (κ3) is 5.00. The molecule has 0 radical (unpaired) electrons. The number of hydrogen-bond donors (Lipinski definition) is 1. The zero-order chi connectivity index (χ0) is 21.7. The van der Waals surface area contributed by atoms with Crippen LogP contribution in [0.15, 0.2) is 59.5 Å². The van der Waals surface area contributed by atoms with Crippen LogP contribution in [0.2, 0.25) is 5.02 Å². The van der Waals surface area contributed by atoms with Gasteiger partial charge in [0.25, 0.3) is 0 Å². The first-order chi connectivity index (χ1) is 14.3. The Morgan fingerprint density at radius 3 is 2.47 bits per heavy atom. The Kier molecular flexibility index (Phi) is 7.12. The van der Waals surface area contributed by atoms with Gasteiger partial charge in [-0.2, -0.15) is 4.31 Å². The number of halogens is 1. The molecule has 1 N–H and O–H groups in total. The lowest BCUT2D eigenvalue weighted by molar-refractivity contribution is -0.145. The molecule has 1 heterocycles. The van der Waals surface area contributed by atoms with Crippen LogP contribution in [0.25, 0.3) is 0 Å². The summed E-state index contributed by atoms with van der Waals surface area (Å²) >= 11 is 5.85. The molecule has 0 saturated carbocycles. The Balaban J connectivity index is 1.78. The lowest BCUT2D eigenvalue weighted by Crippen LogP contribution is -2.51. The third-order valence-corrected chi connectivity index (χ3v) is 7.19. The predicted octanol–water partition coefficient (Wildman–Crippen LogP) is 2.39. The SMILES string of the molecule is COC(=O)C(Cc1ccccc1)NC(=O)C1CCCN1S(=O)(=O)c1ccc(Cl)cc1. The van der Waals surface area contributed by atoms with Crippen molar-refractivity contribution in [3.63, 3.8) is 0 Å². The molecule has 1 aliphatic heterocycles. The highest BCUT2D eigenvalue weighted by Crippen LogP contribution is 2.27. The van der Waals surface area contributed by atoms with E-state index in [1.165, 1.54) is 35.7 Å². The molecular weight excluding hydrogens is 428 g/mol. The van der Waals surface area contributed by atoms with Gasteiger partial charge in [0, 0.05) is 18.0 Å². The molecule has 0 aromatic heterocycles. The monoisotopic (exact) mass is 450 g/mol. The van der Waals surface area contributed by atoms with Crippen molar-refractivity contribution >= 4 is 33.5 Å². The summed E-state index contributed by atoms with van der Waals surface area (Å²) in [6, 6.07) is 13.2. The Morgan fingerprint density at radius 1 is 1.17 bits per heavy atom. The Hall–Kier alpha value is -2.42. The van der Waals surface area contributed by atoms with Gasteiger partial charge in [-0.1, -0.05) is 41.9 Å². The molecule has 9 heteroatoms. The van der Waals surface area contributed by atoms with Gasteiger partial charge in [-0.05, 0) is 42.7 Å². The quantitative estimate of drug-likeness (QED) is 0.654. The zero-order valence-electron chi connectivity index (χ0n) is 16.5. The minimum Gasteiger partial charge on any atom is -0.467 e. The smallest absolute Gasteiger partial charge is 0.328 e. The van der Waals surface area contributed by atoms with Crippen LogP contribution < -0.4 is 5.32 Å². The van der Waals surface area contributed by atoms with Crippen LogP contribution >= 0.6 is 11.6 Å². The highest BCUT2D eigenvalue weighted by atomic mass is 35.5. The number of esters is 1. The number of carbonyl (C=O) groups excluding carboxylic acids is 2. The molecule has 7 nitrogen and oxygen atoms in total. The second kappa shape index (κ2) is 9.59. The maximum Gasteiger partial charge on any atom is 0.328 e. The van der Waals surface area contributed by atoms with Crippen LogP contribution in [0.4, 0.5) is 0 Å². The summed E-state index contributed by atoms with van der Waals surface area (Å²) in [6.07, 6.45) is 1.17. The summed E-state index contributed by atoms with van der Waals surface area (Å²) in [7, 11) is -2.62. The first-order valence-corrected chi connectivity index (χ1v) is 11.3. The maximum atomic E-state index is 13.0. The van der Waals surface area contributed by atoms with Crippen molar-refractivity contribution in [2.45, 2.75) is 36.2 Å². The van der Waals surface area contributed by atoms with E-state index in [1.807, 2.05) is 30.3 Å². The van der Waals surface area contributed by atoms with Gasteiger partial charge in [0.1, 0.15) is 12.1 Å². The molecule has 1 saturated heterocycles. The number of nitrogens with one attached hydrogen (secondary N) is 1. The Labute approximate surface area is 181 Å². The molecule has 1 aliphatic rings. The molecule has 0 spiro atoms. The van der Waals surface area contributed by atoms with Crippen LogP contribution in [0.1, 0.15) is 18.4 Å². The highest BCUT2D eigenvalue weighted by molar-refractivity contribution is 7.89. The summed E-state index contributed by atoms with van der Waals surface area (Å²) in [5.74, 6) is -1.10. The number of nitrogens with zero attached hydrogens (tertiary/aromatic N) is 1. The lowest BCUT2D eigenvalue weighted by Gasteiger charge is -2.25. The number of ether oxygens (including phenoxy) is 1. The van der Waals surface area contributed by atoms with Gasteiger partial charge in [0.15, 0.2) is 0 Å². The van der Waals surface area contributed by atoms with E-state index < -0.39 is 34.0 Å². The van der Waals surface area contributed by atoms with E-state index in [4.69, 9.17) is 16.3 Å². The fourth-order valence-electron chi connectivity index (χ4n) is 3.49. The van der Waals surface area contributed by atoms with Crippen molar-refractivity contribution < 1.29 is 22.7 Å². The van der Waals surface area contributed by atoms with Gasteiger partial charge in [-0.15, -0.1) is 0 Å². The number of benzene rings is 2. The van der Waals surface area contributed by atoms with E-state index in [0.29, 0.717) is 17.9 Å². The molecule has 30 heavy (non-hydrogen) atoms. The average Bonchev–Trinajstić information content (AvgIpc) is 3.25. The van der Waals surface area contributed by atoms with Crippen LogP contribution in [0.3, 0.4) is 0 Å². The van der Waals surface area contributed by atoms with Crippen molar-refractivity contribution in [3.05, 3.63) is 65.2 Å². The molecule has 1 fully saturated rings. The van der Waals surface area contributed by atoms with Crippen LogP contribution in [0, 0.1) is 0 Å². The van der Waals surface area contributed by atoms with Crippen LogP contribution in [-0.2, 0) is 30.8 Å². The van der Waals surface area contributed by atoms with E-state index in [0.717, 1.165) is 5.56 Å². The van der Waals surface area contributed by atoms with E-state index in [2.05, 4.69) is 5.32 Å². The third-order valence-electron chi connectivity index (χ3n) is 5.01. The van der Waals surface area contributed by atoms with Crippen molar-refractivity contribution in [2.75, 3.05) is 13.7 Å². The highest BCUT2D eigenvalue weighted by Gasteiger charge is 2.40. The molecule has 2 aromatic rings. The summed E-state index contributed by atoms with van der Waals surface area (Å²) in [5, 5.41) is 3.10. The normalized spacial score (nSPS) is 18.0. The Bertz CT molecular complexity index is 996. The molecular formula is C21H23ClN2O5S. The molecule has 2 atom stereocenters. The number of rotatable bonds is 7. The van der Waals surface area contributed by atoms with Gasteiger partial charge in [-0.3, -0.25) is 4.79 Å². The second-order valence-corrected chi connectivity index (χ2v) is 9.33. The second-order valence-electron chi connectivity index (χ2n) is 7.00. The Morgan fingerprint density at radius 2 is 1.83 bits per heavy atom. The standard InChI is InChI=1S/C21H23ClN2O5S/c1-29-21(26)18(14-15-6-3-2-4-7-15)23-20(25)19-8-5-13-24(19)30(27,28)17-11-9-16(22)10-12-17/h2-4,6-7,9-12,18-19H,5,8,13-14H2,1H3,(H,23,25). The maximum absolute atomic E-state index is 13.0. The van der Waals surface area contributed by atoms with E-state index >= 15 is 0 Å². The fourth-order valence-corrected chi connectivity index (χ4v) is 5.27. The number of methoxy groups -OCH3 is 1. The predicted molar refractivity (Wildman–Crippen MR) is 112 cm³/mol. The number of amides is 1. The van der Waals surface area contributed by atoms with Crippen molar-refractivity contribution in [3.8, 4) is 0 Å². The zero-order valence-corrected chi connectivity index (χ0v) is 18.0. The minimum absolute atomic E-state index is 0.0698. The summed E-state index contributed by atoms with van der Waals surface area (Å²) in [5.41, 5.74) is 0.852. The number of sulfonamides is 1. The van der Waals surface area contributed by atoms with Gasteiger partial charge in [-0.25, -0.2) is 13.2 Å². The lowest BCUT2D eigenvalue weighted by atomic mass is 10.1. The first-order valence-electron chi connectivity index (χ1n) is 9.52. The van der Waals surface area contributed by atoms with E-state index in [9.17, 15) is 18.0 Å². The summed E-state index contributed by atoms with van der Waals surface area (Å²) in [4.78, 5) is 25.2. The summed E-state index contributed by atoms with van der Waals surface area (Å²) in [6.45, 7) is 0.227. The van der Waals surface area contributed by atoms with Crippen molar-refractivity contribution in [1.82, 2.24) is 9.62 Å². The van der Waals surface area contributed by atoms with E-state index in [1.54, 1.807) is 0 Å². The molecule has 160 valence electrons. The van der Waals surface area contributed by atoms with Crippen LogP contribution in [-0.4, -0.2) is 50.3 Å². The number of hydrogen-bond acceptors (Lipinski definition) is 5. The van der Waals surface area contributed by atoms with E-state index in [-0.39, 0.29) is 17.9 Å². The summed E-state index contributed by atoms with van der Waals surface area (Å²) < 4.78 is 32.1. The van der Waals surface area contributed by atoms with Gasteiger partial charge < -0.3 is 10.1 Å². The van der Waals surface area contributed by atoms with Gasteiger partial charge in [0.05, 0.1) is 12.0 Å². The molecule has 2 aromatic carbocycles. The minimum atomic E-state index is -3.87. The molecule has 0 bridgehead atoms. The largest absolute Gasteiger partial charge is 0.467 e. The molecule has 3 rings (SSSR count). The molecule has 0 aliphatic carbocycles. The van der Waals surface area contributed by atoms with Crippen molar-refractivity contribution in [2.24, 2.45) is 0 Å². The average molecular weight is 451 g/mol. The van der Waals surface area contributed by atoms with Crippen molar-refractivity contribution in [1.29, 1.82) is 0 Å². The molecule has 2 unspecified atom stereocenters. The first kappa shape index (κ1) is 22.3. The fraction of sp³-hybridized carbons (Fsp3) is 0.333. The molecule has 1 amide bonds. The van der Waals surface area contributed by atoms with Crippen LogP contribution in [0.5, 0.6) is 0 Å². The topological polar surface area (TPSA) is 92.8 Å². The number of carbonyl (C=O) groups is 2. The van der Waals surface area contributed by atoms with Gasteiger partial charge >= 0.3 is 5.97 Å². The van der Waals surface area contributed by atoms with Gasteiger partial charge in [0.2, 0.25) is 15.9 Å².